The normalized spacial score (nSPS) is 11.5. The average Bonchev–Trinajstić information content (AvgIpc) is 2.14. The molecule has 1 rings (SSSR count). The Bertz CT molecular complexity index is 566. The summed E-state index contributed by atoms with van der Waals surface area (Å²) < 4.78 is 47.4. The highest BCUT2D eigenvalue weighted by Gasteiger charge is 2.27. The number of nitrogens with zero attached hydrogens (tertiary/aromatic N) is 2. The van der Waals surface area contributed by atoms with Crippen LogP contribution in [0, 0.1) is 18.3 Å². The maximum absolute atomic E-state index is 12.6. The van der Waals surface area contributed by atoms with Crippen molar-refractivity contribution in [2.45, 2.75) is 18.2 Å². The summed E-state index contributed by atoms with van der Waals surface area (Å²) in [6.07, 6.45) is -3.04. The fraction of sp³-hybridized carbons (Fsp3) is 0.250. The summed E-state index contributed by atoms with van der Waals surface area (Å²) in [7, 11) is 0.561. The second kappa shape index (κ2) is 4.31. The Morgan fingerprint density at radius 2 is 2.12 bits per heavy atom. The van der Waals surface area contributed by atoms with Crippen LogP contribution in [-0.2, 0) is 9.05 Å². The summed E-state index contributed by atoms with van der Waals surface area (Å²) in [5.41, 5.74) is -1.31. The molecule has 0 N–H and O–H groups in total. The van der Waals surface area contributed by atoms with E-state index in [0.717, 1.165) is 6.07 Å². The molecule has 0 unspecified atom stereocenters. The minimum atomic E-state index is -4.43. The van der Waals surface area contributed by atoms with Crippen LogP contribution in [0.4, 0.5) is 8.78 Å². The summed E-state index contributed by atoms with van der Waals surface area (Å²) in [5.74, 6) is 0. The fourth-order valence-corrected chi connectivity index (χ4v) is 2.42. The highest BCUT2D eigenvalue weighted by Crippen LogP contribution is 2.31. The molecule has 0 aliphatic rings. The van der Waals surface area contributed by atoms with Gasteiger partial charge in [-0.25, -0.2) is 22.2 Å². The van der Waals surface area contributed by atoms with Crippen LogP contribution in [0.1, 0.15) is 23.4 Å². The molecular weight excluding hydrogens is 262 g/mol. The average molecular weight is 267 g/mol. The summed E-state index contributed by atoms with van der Waals surface area (Å²) in [6.45, 7) is 1.37. The first kappa shape index (κ1) is 12.8. The van der Waals surface area contributed by atoms with Crippen LogP contribution in [0.25, 0.3) is 0 Å². The van der Waals surface area contributed by atoms with Gasteiger partial charge in [0.15, 0.2) is 5.69 Å². The van der Waals surface area contributed by atoms with Crippen molar-refractivity contribution in [3.05, 3.63) is 23.0 Å². The molecule has 1 heterocycles. The Labute approximate surface area is 94.9 Å². The number of pyridine rings is 1. The van der Waals surface area contributed by atoms with E-state index in [1.54, 1.807) is 0 Å². The number of hydrogen-bond acceptors (Lipinski definition) is 4. The first-order valence-corrected chi connectivity index (χ1v) is 6.22. The molecule has 0 saturated carbocycles. The molecule has 0 amide bonds. The van der Waals surface area contributed by atoms with Gasteiger partial charge in [0.25, 0.3) is 15.5 Å². The van der Waals surface area contributed by atoms with E-state index >= 15 is 0 Å². The lowest BCUT2D eigenvalue weighted by Crippen LogP contribution is -2.05. The Kier molecular flexibility index (Phi) is 3.45. The van der Waals surface area contributed by atoms with E-state index in [9.17, 15) is 17.2 Å². The van der Waals surface area contributed by atoms with Gasteiger partial charge in [0.2, 0.25) is 0 Å². The number of nitriles is 1. The van der Waals surface area contributed by atoms with Crippen molar-refractivity contribution in [3.63, 3.8) is 0 Å². The van der Waals surface area contributed by atoms with Gasteiger partial charge < -0.3 is 0 Å². The Balaban J connectivity index is 3.74. The second-order valence-electron chi connectivity index (χ2n) is 2.88. The molecule has 16 heavy (non-hydrogen) atoms. The highest BCUT2D eigenvalue weighted by molar-refractivity contribution is 8.13. The molecule has 0 spiro atoms. The van der Waals surface area contributed by atoms with E-state index in [-0.39, 0.29) is 5.69 Å². The molecule has 86 valence electrons. The smallest absolute Gasteiger partial charge is 0.241 e. The lowest BCUT2D eigenvalue weighted by Gasteiger charge is -2.08. The third-order valence-corrected chi connectivity index (χ3v) is 3.09. The van der Waals surface area contributed by atoms with E-state index in [4.69, 9.17) is 15.9 Å². The standard InChI is InChI=1S/C8H5ClF2N2O2S/c1-4-2-5(8(10)11)7(16(9,14)15)6(3-12)13-4/h2,8H,1H3. The first-order chi connectivity index (χ1) is 7.27. The number of rotatable bonds is 2. The number of alkyl halides is 2. The Morgan fingerprint density at radius 1 is 1.56 bits per heavy atom. The predicted octanol–water partition coefficient (Wildman–Crippen LogP) is 2.13. The van der Waals surface area contributed by atoms with Crippen molar-refractivity contribution in [3.8, 4) is 6.07 Å². The van der Waals surface area contributed by atoms with Crippen molar-refractivity contribution in [2.24, 2.45) is 0 Å². The fourth-order valence-electron chi connectivity index (χ4n) is 1.18. The van der Waals surface area contributed by atoms with Crippen LogP contribution >= 0.6 is 10.7 Å². The SMILES string of the molecule is Cc1cc(C(F)F)c(S(=O)(=O)Cl)c(C#N)n1. The number of halogens is 3. The van der Waals surface area contributed by atoms with Crippen LogP contribution in [0.15, 0.2) is 11.0 Å². The molecule has 4 nitrogen and oxygen atoms in total. The van der Waals surface area contributed by atoms with Crippen molar-refractivity contribution < 1.29 is 17.2 Å². The van der Waals surface area contributed by atoms with E-state index in [0.29, 0.717) is 0 Å². The van der Waals surface area contributed by atoms with Gasteiger partial charge >= 0.3 is 0 Å². The molecule has 0 aromatic carbocycles. The van der Waals surface area contributed by atoms with E-state index in [1.807, 2.05) is 0 Å². The van der Waals surface area contributed by atoms with Gasteiger partial charge in [-0.05, 0) is 13.0 Å². The van der Waals surface area contributed by atoms with Gasteiger partial charge in [0, 0.05) is 21.9 Å². The van der Waals surface area contributed by atoms with Crippen molar-refractivity contribution in [1.29, 1.82) is 5.26 Å². The molecule has 0 fully saturated rings. The summed E-state index contributed by atoms with van der Waals surface area (Å²) in [5, 5.41) is 8.63. The largest absolute Gasteiger partial charge is 0.265 e. The summed E-state index contributed by atoms with van der Waals surface area (Å²) in [4.78, 5) is 2.62. The third kappa shape index (κ3) is 2.46. The third-order valence-electron chi connectivity index (χ3n) is 1.71. The predicted molar refractivity (Wildman–Crippen MR) is 51.7 cm³/mol. The van der Waals surface area contributed by atoms with E-state index < -0.39 is 31.6 Å². The molecule has 1 aromatic heterocycles. The van der Waals surface area contributed by atoms with E-state index in [2.05, 4.69) is 4.98 Å². The molecule has 0 bridgehead atoms. The zero-order valence-electron chi connectivity index (χ0n) is 7.91. The van der Waals surface area contributed by atoms with Crippen LogP contribution < -0.4 is 0 Å². The number of aryl methyl sites for hydroxylation is 1. The molecular formula is C8H5ClF2N2O2S. The zero-order chi connectivity index (χ0) is 12.5. The van der Waals surface area contributed by atoms with Crippen molar-refractivity contribution in [1.82, 2.24) is 4.98 Å². The molecule has 0 atom stereocenters. The molecule has 0 radical (unpaired) electrons. The molecule has 0 saturated heterocycles. The van der Waals surface area contributed by atoms with Gasteiger partial charge in [-0.3, -0.25) is 0 Å². The quantitative estimate of drug-likeness (QED) is 0.769. The minimum Gasteiger partial charge on any atom is -0.241 e. The van der Waals surface area contributed by atoms with Crippen LogP contribution in [-0.4, -0.2) is 13.4 Å². The topological polar surface area (TPSA) is 70.8 Å². The van der Waals surface area contributed by atoms with Crippen molar-refractivity contribution in [2.75, 3.05) is 0 Å². The Hall–Kier alpha value is -1.26. The van der Waals surface area contributed by atoms with Crippen LogP contribution in [0.2, 0.25) is 0 Å². The minimum absolute atomic E-state index is 0.121. The summed E-state index contributed by atoms with van der Waals surface area (Å²) >= 11 is 0. The first-order valence-electron chi connectivity index (χ1n) is 3.92. The van der Waals surface area contributed by atoms with Crippen molar-refractivity contribution >= 4 is 19.7 Å². The molecule has 1 aromatic rings. The second-order valence-corrected chi connectivity index (χ2v) is 5.38. The summed E-state index contributed by atoms with van der Waals surface area (Å²) in [6, 6.07) is 2.32. The highest BCUT2D eigenvalue weighted by atomic mass is 35.7. The van der Waals surface area contributed by atoms with Gasteiger partial charge in [-0.2, -0.15) is 5.26 Å². The monoisotopic (exact) mass is 266 g/mol. The number of aromatic nitrogens is 1. The van der Waals surface area contributed by atoms with Gasteiger partial charge in [0.05, 0.1) is 0 Å². The van der Waals surface area contributed by atoms with Gasteiger partial charge in [-0.1, -0.05) is 0 Å². The maximum Gasteiger partial charge on any atom is 0.265 e. The lowest BCUT2D eigenvalue weighted by atomic mass is 10.2. The van der Waals surface area contributed by atoms with Crippen LogP contribution in [0.3, 0.4) is 0 Å². The van der Waals surface area contributed by atoms with E-state index in [1.165, 1.54) is 13.0 Å². The maximum atomic E-state index is 12.6. The lowest BCUT2D eigenvalue weighted by molar-refractivity contribution is 0.147. The zero-order valence-corrected chi connectivity index (χ0v) is 9.48. The number of hydrogen-bond donors (Lipinski definition) is 0. The molecule has 8 heteroatoms. The van der Waals surface area contributed by atoms with Gasteiger partial charge in [0.1, 0.15) is 11.0 Å². The van der Waals surface area contributed by atoms with Gasteiger partial charge in [-0.15, -0.1) is 0 Å². The Morgan fingerprint density at radius 3 is 2.50 bits per heavy atom. The van der Waals surface area contributed by atoms with Crippen LogP contribution in [0.5, 0.6) is 0 Å². The molecule has 0 aliphatic carbocycles. The molecule has 0 aliphatic heterocycles.